The largest absolute Gasteiger partial charge is 0.355 e. The van der Waals surface area contributed by atoms with Gasteiger partial charge in [0.2, 0.25) is 0 Å². The Bertz CT molecular complexity index is 429. The number of carbonyl (C=O) groups is 1. The summed E-state index contributed by atoms with van der Waals surface area (Å²) < 4.78 is 0. The van der Waals surface area contributed by atoms with Gasteiger partial charge < -0.3 is 10.6 Å². The molecule has 3 nitrogen and oxygen atoms in total. The highest BCUT2D eigenvalue weighted by Gasteiger charge is 2.06. The van der Waals surface area contributed by atoms with Crippen molar-refractivity contribution in [2.45, 2.75) is 60.9 Å². The van der Waals surface area contributed by atoms with Crippen LogP contribution >= 0.6 is 11.6 Å². The van der Waals surface area contributed by atoms with E-state index >= 15 is 0 Å². The van der Waals surface area contributed by atoms with Gasteiger partial charge in [-0.25, -0.2) is 0 Å². The number of amides is 1. The third-order valence-corrected chi connectivity index (χ3v) is 3.77. The van der Waals surface area contributed by atoms with Crippen LogP contribution in [0.5, 0.6) is 0 Å². The molecule has 0 saturated carbocycles. The van der Waals surface area contributed by atoms with Crippen LogP contribution in [0, 0.1) is 12.8 Å². The molecule has 0 aliphatic rings. The van der Waals surface area contributed by atoms with Crippen molar-refractivity contribution in [1.82, 2.24) is 10.6 Å². The zero-order valence-corrected chi connectivity index (χ0v) is 18.3. The molecular formula is C21H39ClN2O. The Morgan fingerprint density at radius 1 is 1.16 bits per heavy atom. The van der Waals surface area contributed by atoms with Gasteiger partial charge in [-0.2, -0.15) is 0 Å². The van der Waals surface area contributed by atoms with Gasteiger partial charge >= 0.3 is 0 Å². The molecule has 0 spiro atoms. The normalized spacial score (nSPS) is 11.2. The minimum atomic E-state index is -0.111. The zero-order chi connectivity index (χ0) is 20.4. The van der Waals surface area contributed by atoms with Crippen molar-refractivity contribution in [2.75, 3.05) is 13.6 Å². The minimum absolute atomic E-state index is 0.111. The summed E-state index contributed by atoms with van der Waals surface area (Å²) in [6.07, 6.45) is 1.27. The SMILES string of the molecule is C=C.CC.CCNC(C)C(C)CC.CNC(=O)c1cc(C)cc(Cl)c1. The summed E-state index contributed by atoms with van der Waals surface area (Å²) in [5.41, 5.74) is 1.59. The second-order valence-electron chi connectivity index (χ2n) is 5.33. The van der Waals surface area contributed by atoms with Gasteiger partial charge in [0.25, 0.3) is 5.91 Å². The molecule has 0 fully saturated rings. The van der Waals surface area contributed by atoms with Crippen LogP contribution in [0.1, 0.15) is 63.9 Å². The van der Waals surface area contributed by atoms with Crippen molar-refractivity contribution in [3.05, 3.63) is 47.5 Å². The van der Waals surface area contributed by atoms with Crippen molar-refractivity contribution in [3.63, 3.8) is 0 Å². The molecule has 0 aromatic heterocycles. The highest BCUT2D eigenvalue weighted by molar-refractivity contribution is 6.31. The molecule has 2 unspecified atom stereocenters. The van der Waals surface area contributed by atoms with E-state index < -0.39 is 0 Å². The van der Waals surface area contributed by atoms with Crippen LogP contribution in [0.4, 0.5) is 0 Å². The molecule has 0 radical (unpaired) electrons. The monoisotopic (exact) mass is 370 g/mol. The van der Waals surface area contributed by atoms with Crippen LogP contribution in [0.25, 0.3) is 0 Å². The first-order valence-corrected chi connectivity index (χ1v) is 9.46. The van der Waals surface area contributed by atoms with E-state index in [2.05, 4.69) is 51.5 Å². The average molecular weight is 371 g/mol. The van der Waals surface area contributed by atoms with Gasteiger partial charge in [0.1, 0.15) is 0 Å². The predicted molar refractivity (Wildman–Crippen MR) is 115 cm³/mol. The molecule has 0 bridgehead atoms. The molecule has 25 heavy (non-hydrogen) atoms. The van der Waals surface area contributed by atoms with Crippen LogP contribution in [-0.2, 0) is 0 Å². The minimum Gasteiger partial charge on any atom is -0.355 e. The van der Waals surface area contributed by atoms with E-state index in [1.54, 1.807) is 19.2 Å². The third-order valence-electron chi connectivity index (χ3n) is 3.55. The van der Waals surface area contributed by atoms with Crippen molar-refractivity contribution in [2.24, 2.45) is 5.92 Å². The Morgan fingerprint density at radius 3 is 2.04 bits per heavy atom. The van der Waals surface area contributed by atoms with Crippen LogP contribution in [0.2, 0.25) is 5.02 Å². The van der Waals surface area contributed by atoms with Gasteiger partial charge in [-0.05, 0) is 50.1 Å². The lowest BCUT2D eigenvalue weighted by Gasteiger charge is -2.18. The summed E-state index contributed by atoms with van der Waals surface area (Å²) in [7, 11) is 1.60. The fourth-order valence-electron chi connectivity index (χ4n) is 1.89. The van der Waals surface area contributed by atoms with Crippen LogP contribution in [0.15, 0.2) is 31.4 Å². The maximum absolute atomic E-state index is 11.1. The number of benzene rings is 1. The first-order chi connectivity index (χ1) is 11.8. The summed E-state index contributed by atoms with van der Waals surface area (Å²) in [5.74, 6) is 0.700. The molecule has 1 amide bonds. The number of hydrogen-bond acceptors (Lipinski definition) is 2. The summed E-state index contributed by atoms with van der Waals surface area (Å²) in [6.45, 7) is 21.9. The Labute approximate surface area is 161 Å². The summed E-state index contributed by atoms with van der Waals surface area (Å²) >= 11 is 5.77. The Morgan fingerprint density at radius 2 is 1.68 bits per heavy atom. The topological polar surface area (TPSA) is 41.1 Å². The lowest BCUT2D eigenvalue weighted by Crippen LogP contribution is -2.31. The van der Waals surface area contributed by atoms with E-state index in [1.165, 1.54) is 6.42 Å². The van der Waals surface area contributed by atoms with E-state index in [4.69, 9.17) is 11.6 Å². The number of rotatable bonds is 5. The van der Waals surface area contributed by atoms with Crippen molar-refractivity contribution >= 4 is 17.5 Å². The predicted octanol–water partition coefficient (Wildman–Crippen LogP) is 5.87. The molecule has 1 aromatic rings. The van der Waals surface area contributed by atoms with Gasteiger partial charge in [-0.15, -0.1) is 13.2 Å². The first kappa shape index (κ1) is 28.5. The molecular weight excluding hydrogens is 332 g/mol. The molecule has 0 heterocycles. The zero-order valence-electron chi connectivity index (χ0n) is 17.5. The van der Waals surface area contributed by atoms with E-state index in [-0.39, 0.29) is 5.91 Å². The number of nitrogens with one attached hydrogen (secondary N) is 2. The Hall–Kier alpha value is -1.32. The maximum Gasteiger partial charge on any atom is 0.251 e. The van der Waals surface area contributed by atoms with E-state index in [1.807, 2.05) is 26.8 Å². The number of aryl methyl sites for hydroxylation is 1. The van der Waals surface area contributed by atoms with Gasteiger partial charge in [-0.1, -0.05) is 52.6 Å². The van der Waals surface area contributed by atoms with Crippen molar-refractivity contribution < 1.29 is 4.79 Å². The number of halogens is 1. The summed E-state index contributed by atoms with van der Waals surface area (Å²) in [6, 6.07) is 5.94. The summed E-state index contributed by atoms with van der Waals surface area (Å²) in [4.78, 5) is 11.1. The van der Waals surface area contributed by atoms with Crippen molar-refractivity contribution in [3.8, 4) is 0 Å². The number of carbonyl (C=O) groups excluding carboxylic acids is 1. The molecule has 0 saturated heterocycles. The Kier molecular flexibility index (Phi) is 21.7. The van der Waals surface area contributed by atoms with E-state index in [0.717, 1.165) is 18.0 Å². The first-order valence-electron chi connectivity index (χ1n) is 9.08. The van der Waals surface area contributed by atoms with Gasteiger partial charge in [-0.3, -0.25) is 4.79 Å². The summed E-state index contributed by atoms with van der Waals surface area (Å²) in [5, 5.41) is 6.53. The van der Waals surface area contributed by atoms with Crippen LogP contribution in [0.3, 0.4) is 0 Å². The molecule has 146 valence electrons. The smallest absolute Gasteiger partial charge is 0.251 e. The molecule has 2 atom stereocenters. The van der Waals surface area contributed by atoms with Gasteiger partial charge in [0, 0.05) is 23.7 Å². The van der Waals surface area contributed by atoms with E-state index in [0.29, 0.717) is 16.6 Å². The maximum atomic E-state index is 11.1. The second-order valence-corrected chi connectivity index (χ2v) is 5.76. The average Bonchev–Trinajstić information content (AvgIpc) is 2.63. The van der Waals surface area contributed by atoms with E-state index in [9.17, 15) is 4.79 Å². The fraction of sp³-hybridized carbons (Fsp3) is 0.571. The molecule has 0 aliphatic heterocycles. The number of hydrogen-bond donors (Lipinski definition) is 2. The lowest BCUT2D eigenvalue weighted by atomic mass is 10.0. The van der Waals surface area contributed by atoms with Gasteiger partial charge in [0.05, 0.1) is 0 Å². The fourth-order valence-corrected chi connectivity index (χ4v) is 2.18. The highest BCUT2D eigenvalue weighted by atomic mass is 35.5. The Balaban J connectivity index is -0.000000332. The third kappa shape index (κ3) is 14.7. The van der Waals surface area contributed by atoms with Crippen LogP contribution < -0.4 is 10.6 Å². The lowest BCUT2D eigenvalue weighted by molar-refractivity contribution is 0.0963. The molecule has 1 rings (SSSR count). The molecule has 0 aliphatic carbocycles. The second kappa shape index (κ2) is 19.0. The standard InChI is InChI=1S/C9H10ClNO.C8H19N.C2H6.C2H4/c1-6-3-7(9(12)11-2)5-8(10)4-6;1-5-7(3)8(4)9-6-2;2*1-2/h3-5H,1-2H3,(H,11,12);7-9H,5-6H2,1-4H3;1-2H3;1-2H2. The highest BCUT2D eigenvalue weighted by Crippen LogP contribution is 2.14. The quantitative estimate of drug-likeness (QED) is 0.636. The van der Waals surface area contributed by atoms with Crippen LogP contribution in [-0.4, -0.2) is 25.5 Å². The van der Waals surface area contributed by atoms with Gasteiger partial charge in [0.15, 0.2) is 0 Å². The van der Waals surface area contributed by atoms with Crippen molar-refractivity contribution in [1.29, 1.82) is 0 Å². The molecule has 2 N–H and O–H groups in total. The molecule has 1 aromatic carbocycles. The molecule has 4 heteroatoms.